The Morgan fingerprint density at radius 2 is 1.95 bits per heavy atom. The fourth-order valence-corrected chi connectivity index (χ4v) is 2.58. The fraction of sp³-hybridized carbons (Fsp3) is 0.562. The molecule has 1 aliphatic rings. The molecule has 4 heteroatoms. The van der Waals surface area contributed by atoms with Crippen LogP contribution in [0.2, 0.25) is 0 Å². The lowest BCUT2D eigenvalue weighted by Crippen LogP contribution is -2.31. The molecule has 1 fully saturated rings. The molecule has 20 heavy (non-hydrogen) atoms. The van der Waals surface area contributed by atoms with Crippen molar-refractivity contribution in [3.8, 4) is 5.75 Å². The SMILES string of the molecule is CO[C@H]1CNCC1Oc1ccc([C@H](C)CC(C)=O)cc1. The standard InChI is InChI=1S/C16H23NO3/c1-11(8-12(2)18)13-4-6-14(7-5-13)20-16-10-17-9-15(16)19-3/h4-7,11,15-17H,8-10H2,1-3H3/t11-,15+,16?/m1/s1. The number of hydrogen-bond donors (Lipinski definition) is 1. The molecule has 1 heterocycles. The largest absolute Gasteiger partial charge is 0.486 e. The predicted octanol–water partition coefficient (Wildman–Crippen LogP) is 2.13. The van der Waals surface area contributed by atoms with Crippen LogP contribution in [0.15, 0.2) is 24.3 Å². The molecule has 0 aromatic heterocycles. The molecule has 3 atom stereocenters. The van der Waals surface area contributed by atoms with Gasteiger partial charge in [-0.1, -0.05) is 19.1 Å². The second kappa shape index (κ2) is 6.86. The Morgan fingerprint density at radius 3 is 2.55 bits per heavy atom. The highest BCUT2D eigenvalue weighted by Gasteiger charge is 2.28. The Morgan fingerprint density at radius 1 is 1.30 bits per heavy atom. The third-order valence-corrected chi connectivity index (χ3v) is 3.74. The van der Waals surface area contributed by atoms with Crippen LogP contribution in [0.5, 0.6) is 5.75 Å². The normalized spacial score (nSPS) is 23.6. The second-order valence-electron chi connectivity index (χ2n) is 5.46. The number of methoxy groups -OCH3 is 1. The summed E-state index contributed by atoms with van der Waals surface area (Å²) in [7, 11) is 1.71. The Labute approximate surface area is 120 Å². The molecule has 0 bridgehead atoms. The van der Waals surface area contributed by atoms with Crippen molar-refractivity contribution >= 4 is 5.78 Å². The van der Waals surface area contributed by atoms with E-state index < -0.39 is 0 Å². The first-order valence-electron chi connectivity index (χ1n) is 7.09. The highest BCUT2D eigenvalue weighted by Crippen LogP contribution is 2.23. The third-order valence-electron chi connectivity index (χ3n) is 3.74. The summed E-state index contributed by atoms with van der Waals surface area (Å²) in [6, 6.07) is 8.01. The van der Waals surface area contributed by atoms with E-state index in [1.165, 1.54) is 5.56 Å². The van der Waals surface area contributed by atoms with E-state index in [1.807, 2.05) is 24.3 Å². The van der Waals surface area contributed by atoms with Crippen molar-refractivity contribution in [3.63, 3.8) is 0 Å². The molecular formula is C16H23NO3. The van der Waals surface area contributed by atoms with Crippen LogP contribution >= 0.6 is 0 Å². The molecule has 1 unspecified atom stereocenters. The number of nitrogens with one attached hydrogen (secondary N) is 1. The third kappa shape index (κ3) is 3.81. The minimum Gasteiger partial charge on any atom is -0.486 e. The van der Waals surface area contributed by atoms with Crippen molar-refractivity contribution in [2.45, 2.75) is 38.4 Å². The lowest BCUT2D eigenvalue weighted by Gasteiger charge is -2.19. The van der Waals surface area contributed by atoms with Crippen LogP contribution < -0.4 is 10.1 Å². The lowest BCUT2D eigenvalue weighted by atomic mass is 9.96. The molecule has 1 aromatic carbocycles. The highest BCUT2D eigenvalue weighted by atomic mass is 16.5. The van der Waals surface area contributed by atoms with Crippen LogP contribution in [0.3, 0.4) is 0 Å². The Bertz CT molecular complexity index is 444. The average Bonchev–Trinajstić information content (AvgIpc) is 2.86. The van der Waals surface area contributed by atoms with Gasteiger partial charge in [-0.15, -0.1) is 0 Å². The Balaban J connectivity index is 1.96. The van der Waals surface area contributed by atoms with Crippen molar-refractivity contribution in [1.29, 1.82) is 0 Å². The molecular weight excluding hydrogens is 254 g/mol. The summed E-state index contributed by atoms with van der Waals surface area (Å²) in [5.41, 5.74) is 1.17. The van der Waals surface area contributed by atoms with Crippen LogP contribution in [-0.2, 0) is 9.53 Å². The van der Waals surface area contributed by atoms with Crippen LogP contribution in [0.1, 0.15) is 31.7 Å². The monoisotopic (exact) mass is 277 g/mol. The first-order valence-corrected chi connectivity index (χ1v) is 7.09. The smallest absolute Gasteiger partial charge is 0.138 e. The number of Topliss-reactive ketones (excluding diaryl/α,β-unsaturated/α-hetero) is 1. The van der Waals surface area contributed by atoms with Crippen molar-refractivity contribution in [2.75, 3.05) is 20.2 Å². The fourth-order valence-electron chi connectivity index (χ4n) is 2.58. The summed E-state index contributed by atoms with van der Waals surface area (Å²) in [6.45, 7) is 5.33. The zero-order valence-electron chi connectivity index (χ0n) is 12.4. The van der Waals surface area contributed by atoms with Gasteiger partial charge in [-0.25, -0.2) is 0 Å². The average molecular weight is 277 g/mol. The zero-order chi connectivity index (χ0) is 14.5. The van der Waals surface area contributed by atoms with E-state index >= 15 is 0 Å². The molecule has 2 rings (SSSR count). The molecule has 4 nitrogen and oxygen atoms in total. The summed E-state index contributed by atoms with van der Waals surface area (Å²) in [5.74, 6) is 1.32. The summed E-state index contributed by atoms with van der Waals surface area (Å²) in [5, 5.41) is 3.26. The zero-order valence-corrected chi connectivity index (χ0v) is 12.4. The van der Waals surface area contributed by atoms with Crippen LogP contribution in [0.25, 0.3) is 0 Å². The molecule has 1 saturated heterocycles. The van der Waals surface area contributed by atoms with Gasteiger partial charge in [-0.2, -0.15) is 0 Å². The van der Waals surface area contributed by atoms with Gasteiger partial charge in [0.1, 0.15) is 23.7 Å². The number of carbonyl (C=O) groups is 1. The Hall–Kier alpha value is -1.39. The molecule has 0 radical (unpaired) electrons. The maximum absolute atomic E-state index is 11.1. The first kappa shape index (κ1) is 15.0. The van der Waals surface area contributed by atoms with Gasteiger partial charge < -0.3 is 19.6 Å². The van der Waals surface area contributed by atoms with Crippen molar-refractivity contribution < 1.29 is 14.3 Å². The molecule has 1 N–H and O–H groups in total. The van der Waals surface area contributed by atoms with E-state index in [2.05, 4.69) is 12.2 Å². The molecule has 0 spiro atoms. The van der Waals surface area contributed by atoms with Gasteiger partial charge >= 0.3 is 0 Å². The summed E-state index contributed by atoms with van der Waals surface area (Å²) in [6.07, 6.45) is 0.741. The summed E-state index contributed by atoms with van der Waals surface area (Å²) >= 11 is 0. The molecule has 1 aromatic rings. The van der Waals surface area contributed by atoms with Crippen LogP contribution in [-0.4, -0.2) is 38.2 Å². The number of ketones is 1. The number of hydrogen-bond acceptors (Lipinski definition) is 4. The molecule has 0 amide bonds. The number of rotatable bonds is 6. The van der Waals surface area contributed by atoms with Gasteiger partial charge in [-0.05, 0) is 30.5 Å². The van der Waals surface area contributed by atoms with Crippen LogP contribution in [0.4, 0.5) is 0 Å². The van der Waals surface area contributed by atoms with Gasteiger partial charge in [0.05, 0.1) is 0 Å². The van der Waals surface area contributed by atoms with Gasteiger partial charge in [-0.3, -0.25) is 0 Å². The maximum Gasteiger partial charge on any atom is 0.138 e. The number of ether oxygens (including phenoxy) is 2. The minimum absolute atomic E-state index is 0.0560. The summed E-state index contributed by atoms with van der Waals surface area (Å²) < 4.78 is 11.3. The number of benzene rings is 1. The molecule has 0 saturated carbocycles. The minimum atomic E-state index is 0.0560. The molecule has 110 valence electrons. The lowest BCUT2D eigenvalue weighted by molar-refractivity contribution is -0.117. The topological polar surface area (TPSA) is 47.6 Å². The molecule has 0 aliphatic carbocycles. The molecule has 1 aliphatic heterocycles. The second-order valence-corrected chi connectivity index (χ2v) is 5.46. The van der Waals surface area contributed by atoms with E-state index in [4.69, 9.17) is 9.47 Å². The number of carbonyl (C=O) groups excluding carboxylic acids is 1. The van der Waals surface area contributed by atoms with Gasteiger partial charge in [0.15, 0.2) is 0 Å². The van der Waals surface area contributed by atoms with Gasteiger partial charge in [0, 0.05) is 26.6 Å². The van der Waals surface area contributed by atoms with Gasteiger partial charge in [0.25, 0.3) is 0 Å². The van der Waals surface area contributed by atoms with E-state index in [0.29, 0.717) is 6.42 Å². The van der Waals surface area contributed by atoms with E-state index in [1.54, 1.807) is 14.0 Å². The van der Waals surface area contributed by atoms with E-state index in [-0.39, 0.29) is 23.9 Å². The van der Waals surface area contributed by atoms with Crippen molar-refractivity contribution in [2.24, 2.45) is 0 Å². The summed E-state index contributed by atoms with van der Waals surface area (Å²) in [4.78, 5) is 11.1. The highest BCUT2D eigenvalue weighted by molar-refractivity contribution is 5.76. The predicted molar refractivity (Wildman–Crippen MR) is 78.2 cm³/mol. The quantitative estimate of drug-likeness (QED) is 0.865. The first-order chi connectivity index (χ1) is 9.60. The van der Waals surface area contributed by atoms with E-state index in [9.17, 15) is 4.79 Å². The van der Waals surface area contributed by atoms with Gasteiger partial charge in [0.2, 0.25) is 0 Å². The van der Waals surface area contributed by atoms with Crippen LogP contribution in [0, 0.1) is 0 Å². The van der Waals surface area contributed by atoms with Crippen molar-refractivity contribution in [3.05, 3.63) is 29.8 Å². The van der Waals surface area contributed by atoms with Crippen molar-refractivity contribution in [1.82, 2.24) is 5.32 Å². The maximum atomic E-state index is 11.1. The Kier molecular flexibility index (Phi) is 5.15. The van der Waals surface area contributed by atoms with E-state index in [0.717, 1.165) is 18.8 Å².